The summed E-state index contributed by atoms with van der Waals surface area (Å²) in [4.78, 5) is 2.31. The first-order valence-corrected chi connectivity index (χ1v) is 17.4. The van der Waals surface area contributed by atoms with Gasteiger partial charge in [0.25, 0.3) is 0 Å². The van der Waals surface area contributed by atoms with Crippen molar-refractivity contribution in [2.75, 3.05) is 38.3 Å². The van der Waals surface area contributed by atoms with Crippen LogP contribution in [0.1, 0.15) is 62.8 Å². The minimum atomic E-state index is 0.642. The van der Waals surface area contributed by atoms with Gasteiger partial charge in [-0.15, -0.1) is 0 Å². The highest BCUT2D eigenvalue weighted by molar-refractivity contribution is 6.38. The summed E-state index contributed by atoms with van der Waals surface area (Å²) in [7, 11) is 1.70. The first-order chi connectivity index (χ1) is 23.7. The summed E-state index contributed by atoms with van der Waals surface area (Å²) >= 11 is 0. The first kappa shape index (κ1) is 34.4. The third-order valence-electron chi connectivity index (χ3n) is 8.58. The lowest BCUT2D eigenvalue weighted by Crippen LogP contribution is -2.22. The topological polar surface area (TPSA) is 24.7 Å². The highest BCUT2D eigenvalue weighted by Gasteiger charge is 2.37. The number of allylic oxidation sites excluding steroid dienone is 1. The Bertz CT molecular complexity index is 1790. The summed E-state index contributed by atoms with van der Waals surface area (Å²) in [5.74, 6) is 0.846. The molecule has 0 bridgehead atoms. The van der Waals surface area contributed by atoms with Gasteiger partial charge in [0.1, 0.15) is 12.3 Å². The van der Waals surface area contributed by atoms with Crippen LogP contribution in [0.3, 0.4) is 0 Å². The van der Waals surface area contributed by atoms with Crippen molar-refractivity contribution in [3.8, 4) is 5.75 Å². The van der Waals surface area contributed by atoms with Gasteiger partial charge in [0.15, 0.2) is 0 Å². The maximum absolute atomic E-state index is 5.78. The van der Waals surface area contributed by atoms with Gasteiger partial charge in [-0.25, -0.2) is 0 Å². The Morgan fingerprint density at radius 1 is 0.667 bits per heavy atom. The molecule has 6 rings (SSSR count). The molecule has 0 atom stereocenters. The zero-order chi connectivity index (χ0) is 33.7. The van der Waals surface area contributed by atoms with E-state index < -0.39 is 0 Å². The number of fused-ring (bicyclic) bond motifs is 1. The van der Waals surface area contributed by atoms with Crippen molar-refractivity contribution >= 4 is 33.9 Å². The van der Waals surface area contributed by atoms with Gasteiger partial charge in [-0.2, -0.15) is 4.58 Å². The molecule has 4 heteroatoms. The molecule has 1 heterocycles. The normalized spacial score (nSPS) is 13.0. The van der Waals surface area contributed by atoms with Crippen LogP contribution in [0, 0.1) is 0 Å². The average molecular weight is 638 g/mol. The van der Waals surface area contributed by atoms with Gasteiger partial charge in [-0.05, 0) is 72.6 Å². The number of benzene rings is 5. The number of rotatable bonds is 13. The predicted molar refractivity (Wildman–Crippen MR) is 203 cm³/mol. The van der Waals surface area contributed by atoms with Crippen molar-refractivity contribution < 1.29 is 14.0 Å². The van der Waals surface area contributed by atoms with E-state index in [1.54, 1.807) is 7.11 Å². The summed E-state index contributed by atoms with van der Waals surface area (Å²) < 4.78 is 13.8. The van der Waals surface area contributed by atoms with Crippen LogP contribution in [0.15, 0.2) is 133 Å². The molecule has 0 spiro atoms. The molecular weight excluding hydrogens is 588 g/mol. The molecule has 0 fully saturated rings. The Hall–Kier alpha value is -4.93. The molecule has 0 saturated carbocycles. The highest BCUT2D eigenvalue weighted by atomic mass is 16.5. The lowest BCUT2D eigenvalue weighted by atomic mass is 9.86. The number of nitrogens with zero attached hydrogens (tertiary/aromatic N) is 2. The molecule has 0 amide bonds. The van der Waals surface area contributed by atoms with E-state index in [0.29, 0.717) is 13.2 Å². The summed E-state index contributed by atoms with van der Waals surface area (Å²) in [6, 6.07) is 47.9. The molecular formula is C44H49N2O2+. The van der Waals surface area contributed by atoms with Crippen molar-refractivity contribution in [2.24, 2.45) is 0 Å². The van der Waals surface area contributed by atoms with Crippen LogP contribution in [0.25, 0.3) is 11.1 Å². The maximum Gasteiger partial charge on any atom is 0.221 e. The minimum absolute atomic E-state index is 0.642. The standard InChI is InChI=1S/C42H43N2O2.C2H6/c1-4-6-29-44-39-20-14-13-19-38(39)41(42(44)34-17-11-8-12-18-34)40(32-15-9-7-10-16-32)33-21-23-35(24-22-33)43(30-31-46-5-2)36-25-27-37(45-3)28-26-36;1-2/h7-28H,4-6,29-31H2,1-3H3;1-2H3/q+1;. The fourth-order valence-electron chi connectivity index (χ4n) is 6.34. The van der Waals surface area contributed by atoms with Crippen LogP contribution < -0.4 is 9.64 Å². The number of hydrogen-bond acceptors (Lipinski definition) is 3. The second-order valence-corrected chi connectivity index (χ2v) is 11.4. The van der Waals surface area contributed by atoms with E-state index in [9.17, 15) is 0 Å². The molecule has 1 aliphatic heterocycles. The van der Waals surface area contributed by atoms with Crippen LogP contribution in [-0.2, 0) is 4.74 Å². The molecule has 4 nitrogen and oxygen atoms in total. The minimum Gasteiger partial charge on any atom is -0.497 e. The zero-order valence-electron chi connectivity index (χ0n) is 29.2. The molecule has 48 heavy (non-hydrogen) atoms. The molecule has 5 aromatic rings. The van der Waals surface area contributed by atoms with Crippen molar-refractivity contribution in [3.05, 3.63) is 156 Å². The largest absolute Gasteiger partial charge is 0.497 e. The van der Waals surface area contributed by atoms with Gasteiger partial charge in [0.2, 0.25) is 11.4 Å². The second-order valence-electron chi connectivity index (χ2n) is 11.4. The number of methoxy groups -OCH3 is 1. The van der Waals surface area contributed by atoms with E-state index in [2.05, 4.69) is 138 Å². The smallest absolute Gasteiger partial charge is 0.221 e. The predicted octanol–water partition coefficient (Wildman–Crippen LogP) is 10.8. The Labute approximate surface area is 287 Å². The van der Waals surface area contributed by atoms with Gasteiger partial charge in [0, 0.05) is 48.2 Å². The maximum atomic E-state index is 5.78. The number of unbranched alkanes of at least 4 members (excludes halogenated alkanes) is 1. The highest BCUT2D eigenvalue weighted by Crippen LogP contribution is 2.43. The van der Waals surface area contributed by atoms with E-state index in [0.717, 1.165) is 43.1 Å². The molecule has 0 aromatic heterocycles. The van der Waals surface area contributed by atoms with Gasteiger partial charge in [-0.1, -0.05) is 100.0 Å². The van der Waals surface area contributed by atoms with Crippen molar-refractivity contribution in [1.82, 2.24) is 0 Å². The summed E-state index contributed by atoms with van der Waals surface area (Å²) in [6.45, 7) is 11.4. The lowest BCUT2D eigenvalue weighted by Gasteiger charge is -2.25. The summed E-state index contributed by atoms with van der Waals surface area (Å²) in [6.07, 6.45) is 2.26. The third kappa shape index (κ3) is 7.61. The molecule has 1 aliphatic rings. The Morgan fingerprint density at radius 3 is 1.88 bits per heavy atom. The van der Waals surface area contributed by atoms with Crippen LogP contribution >= 0.6 is 0 Å². The summed E-state index contributed by atoms with van der Waals surface area (Å²) in [5, 5.41) is 0. The van der Waals surface area contributed by atoms with Gasteiger partial charge >= 0.3 is 0 Å². The third-order valence-corrected chi connectivity index (χ3v) is 8.58. The van der Waals surface area contributed by atoms with Gasteiger partial charge in [0.05, 0.1) is 24.9 Å². The molecule has 0 N–H and O–H groups in total. The van der Waals surface area contributed by atoms with Gasteiger partial charge < -0.3 is 14.4 Å². The molecule has 246 valence electrons. The van der Waals surface area contributed by atoms with E-state index in [1.165, 1.54) is 44.8 Å². The fourth-order valence-corrected chi connectivity index (χ4v) is 6.34. The zero-order valence-corrected chi connectivity index (χ0v) is 29.2. The quantitative estimate of drug-likeness (QED) is 0.0948. The average Bonchev–Trinajstić information content (AvgIpc) is 3.48. The number of anilines is 2. The fraction of sp³-hybridized carbons (Fsp3) is 0.250. The molecule has 0 saturated heterocycles. The van der Waals surface area contributed by atoms with Crippen molar-refractivity contribution in [1.29, 1.82) is 0 Å². The SMILES string of the molecule is CC.CCCC[N+]1=C(c2ccccc2)/C(=C(/c2ccccc2)c2ccc(N(CCOCC)c3ccc(OC)cc3)cc2)c2ccccc21. The second kappa shape index (κ2) is 17.3. The van der Waals surface area contributed by atoms with Crippen molar-refractivity contribution in [2.45, 2.75) is 40.5 Å². The van der Waals surface area contributed by atoms with Crippen LogP contribution in [0.2, 0.25) is 0 Å². The van der Waals surface area contributed by atoms with E-state index in [-0.39, 0.29) is 0 Å². The van der Waals surface area contributed by atoms with Crippen LogP contribution in [-0.4, -0.2) is 43.7 Å². The van der Waals surface area contributed by atoms with E-state index in [4.69, 9.17) is 9.47 Å². The molecule has 5 aromatic carbocycles. The van der Waals surface area contributed by atoms with Crippen LogP contribution in [0.4, 0.5) is 17.1 Å². The molecule has 0 unspecified atom stereocenters. The Balaban J connectivity index is 0.00000221. The van der Waals surface area contributed by atoms with E-state index in [1.807, 2.05) is 32.9 Å². The van der Waals surface area contributed by atoms with Crippen molar-refractivity contribution in [3.63, 3.8) is 0 Å². The summed E-state index contributed by atoms with van der Waals surface area (Å²) in [5.41, 5.74) is 12.2. The lowest BCUT2D eigenvalue weighted by molar-refractivity contribution is -0.436. The number of hydrogen-bond donors (Lipinski definition) is 0. The van der Waals surface area contributed by atoms with Gasteiger partial charge in [-0.3, -0.25) is 0 Å². The number of ether oxygens (including phenoxy) is 2. The monoisotopic (exact) mass is 637 g/mol. The molecule has 0 radical (unpaired) electrons. The Morgan fingerprint density at radius 2 is 1.25 bits per heavy atom. The first-order valence-electron chi connectivity index (χ1n) is 17.4. The Kier molecular flexibility index (Phi) is 12.4. The molecule has 0 aliphatic carbocycles. The number of para-hydroxylation sites is 1. The van der Waals surface area contributed by atoms with E-state index >= 15 is 0 Å². The van der Waals surface area contributed by atoms with Crippen LogP contribution in [0.5, 0.6) is 5.75 Å².